The summed E-state index contributed by atoms with van der Waals surface area (Å²) < 4.78 is 33.5. The van der Waals surface area contributed by atoms with Gasteiger partial charge in [-0.3, -0.25) is 4.79 Å². The molecule has 162 valence electrons. The van der Waals surface area contributed by atoms with Gasteiger partial charge in [-0.2, -0.15) is 4.31 Å². The van der Waals surface area contributed by atoms with E-state index in [1.54, 1.807) is 12.0 Å². The van der Waals surface area contributed by atoms with Crippen LogP contribution in [0.3, 0.4) is 0 Å². The summed E-state index contributed by atoms with van der Waals surface area (Å²) in [7, 11) is -2.44. The van der Waals surface area contributed by atoms with Crippen LogP contribution in [0.15, 0.2) is 23.1 Å². The van der Waals surface area contributed by atoms with Crippen molar-refractivity contribution >= 4 is 39.1 Å². The molecule has 1 aromatic rings. The number of aliphatic hydroxyl groups excluding tert-OH is 1. The average molecular weight is 465 g/mol. The van der Waals surface area contributed by atoms with Crippen molar-refractivity contribution in [3.63, 3.8) is 0 Å². The third kappa shape index (κ3) is 4.73. The lowest BCUT2D eigenvalue weighted by atomic mass is 9.91. The van der Waals surface area contributed by atoms with E-state index >= 15 is 0 Å². The van der Waals surface area contributed by atoms with Crippen molar-refractivity contribution in [1.29, 1.82) is 0 Å². The Morgan fingerprint density at radius 2 is 1.90 bits per heavy atom. The molecule has 3 rings (SSSR count). The van der Waals surface area contributed by atoms with E-state index in [0.717, 1.165) is 6.42 Å². The summed E-state index contributed by atoms with van der Waals surface area (Å²) in [4.78, 5) is 14.9. The van der Waals surface area contributed by atoms with E-state index in [2.05, 4.69) is 0 Å². The minimum Gasteiger partial charge on any atom is -0.396 e. The number of piperidine rings is 1. The van der Waals surface area contributed by atoms with E-state index in [-0.39, 0.29) is 33.4 Å². The Morgan fingerprint density at radius 3 is 2.52 bits per heavy atom. The van der Waals surface area contributed by atoms with Crippen molar-refractivity contribution in [2.75, 3.05) is 33.4 Å². The number of nitrogens with zero attached hydrogens (tertiary/aromatic N) is 2. The van der Waals surface area contributed by atoms with Crippen LogP contribution in [0, 0.1) is 5.92 Å². The second-order valence-electron chi connectivity index (χ2n) is 7.53. The smallest absolute Gasteiger partial charge is 0.244 e. The Hall–Kier alpha value is -0.900. The molecule has 29 heavy (non-hydrogen) atoms. The first-order valence-corrected chi connectivity index (χ1v) is 11.9. The number of carbonyl (C=O) groups excluding carboxylic acids is 1. The van der Waals surface area contributed by atoms with Crippen LogP contribution < -0.4 is 0 Å². The Labute approximate surface area is 181 Å². The maximum atomic E-state index is 13.6. The molecule has 2 aliphatic rings. The fraction of sp³-hybridized carbons (Fsp3) is 0.632. The molecule has 0 radical (unpaired) electrons. The molecule has 3 atom stereocenters. The number of halogens is 2. The van der Waals surface area contributed by atoms with Crippen LogP contribution in [0.25, 0.3) is 0 Å². The molecule has 2 fully saturated rings. The fourth-order valence-electron chi connectivity index (χ4n) is 4.31. The molecule has 0 spiro atoms. The van der Waals surface area contributed by atoms with Crippen LogP contribution in [0.1, 0.15) is 25.7 Å². The Bertz CT molecular complexity index is 831. The number of sulfonamides is 1. The number of methoxy groups -OCH3 is 1. The highest BCUT2D eigenvalue weighted by Crippen LogP contribution is 2.38. The third-order valence-electron chi connectivity index (χ3n) is 5.63. The van der Waals surface area contributed by atoms with Gasteiger partial charge in [-0.1, -0.05) is 23.2 Å². The number of fused-ring (bicyclic) bond motifs is 2. The Morgan fingerprint density at radius 1 is 1.21 bits per heavy atom. The van der Waals surface area contributed by atoms with Crippen LogP contribution in [-0.4, -0.2) is 74.1 Å². The predicted octanol–water partition coefficient (Wildman–Crippen LogP) is 2.39. The minimum atomic E-state index is -4.03. The normalized spacial score (nSPS) is 25.9. The predicted molar refractivity (Wildman–Crippen MR) is 111 cm³/mol. The number of amides is 1. The summed E-state index contributed by atoms with van der Waals surface area (Å²) in [5.41, 5.74) is 0. The largest absolute Gasteiger partial charge is 0.396 e. The SMILES string of the molecule is COCCCN1C[C@H](CO)C2CCCC(C1=O)N2S(=O)(=O)c1cc(Cl)cc(Cl)c1. The number of ether oxygens (including phenoxy) is 1. The highest BCUT2D eigenvalue weighted by Gasteiger charge is 2.49. The second kappa shape index (κ2) is 9.49. The average Bonchev–Trinajstić information content (AvgIpc) is 2.74. The lowest BCUT2D eigenvalue weighted by molar-refractivity contribution is -0.135. The van der Waals surface area contributed by atoms with Crippen LogP contribution in [0.4, 0.5) is 0 Å². The van der Waals surface area contributed by atoms with Gasteiger partial charge in [-0.05, 0) is 43.9 Å². The molecule has 0 aliphatic carbocycles. The van der Waals surface area contributed by atoms with Gasteiger partial charge in [0.25, 0.3) is 0 Å². The topological polar surface area (TPSA) is 87.2 Å². The molecule has 2 bridgehead atoms. The van der Waals surface area contributed by atoms with E-state index in [4.69, 9.17) is 27.9 Å². The van der Waals surface area contributed by atoms with Crippen molar-refractivity contribution < 1.29 is 23.1 Å². The maximum absolute atomic E-state index is 13.6. The molecule has 1 amide bonds. The molecule has 2 aliphatic heterocycles. The standard InChI is InChI=1S/C19H26Cl2N2O5S/c1-28-7-3-6-22-11-13(12-24)17-4-2-5-18(19(22)25)23(17)29(26,27)16-9-14(20)8-15(21)10-16/h8-10,13,17-18,24H,2-7,11-12H2,1H3/t13-,17?,18?/m1/s1. The van der Waals surface area contributed by atoms with Crippen molar-refractivity contribution in [1.82, 2.24) is 9.21 Å². The molecule has 1 aromatic carbocycles. The number of aliphatic hydroxyl groups is 1. The number of hydrogen-bond donors (Lipinski definition) is 1. The molecule has 2 unspecified atom stereocenters. The lowest BCUT2D eigenvalue weighted by Crippen LogP contribution is -2.55. The summed E-state index contributed by atoms with van der Waals surface area (Å²) in [5, 5.41) is 10.4. The van der Waals surface area contributed by atoms with Gasteiger partial charge in [-0.25, -0.2) is 8.42 Å². The first-order valence-electron chi connectivity index (χ1n) is 9.67. The van der Waals surface area contributed by atoms with E-state index in [1.165, 1.54) is 22.5 Å². The van der Waals surface area contributed by atoms with Gasteiger partial charge >= 0.3 is 0 Å². The minimum absolute atomic E-state index is 0.0378. The highest BCUT2D eigenvalue weighted by atomic mass is 35.5. The zero-order valence-electron chi connectivity index (χ0n) is 16.3. The van der Waals surface area contributed by atoms with Crippen molar-refractivity contribution in [2.45, 2.75) is 42.7 Å². The zero-order chi connectivity index (χ0) is 21.2. The van der Waals surface area contributed by atoms with E-state index < -0.39 is 22.1 Å². The first-order chi connectivity index (χ1) is 13.8. The van der Waals surface area contributed by atoms with Gasteiger partial charge in [-0.15, -0.1) is 0 Å². The molecule has 0 saturated carbocycles. The molecule has 2 saturated heterocycles. The Balaban J connectivity index is 2.02. The van der Waals surface area contributed by atoms with Crippen LogP contribution >= 0.6 is 23.2 Å². The molecular weight excluding hydrogens is 439 g/mol. The van der Waals surface area contributed by atoms with Crippen molar-refractivity contribution in [2.24, 2.45) is 5.92 Å². The molecule has 7 nitrogen and oxygen atoms in total. The number of hydrogen-bond acceptors (Lipinski definition) is 5. The quantitative estimate of drug-likeness (QED) is 0.625. The van der Waals surface area contributed by atoms with Crippen LogP contribution in [0.5, 0.6) is 0 Å². The molecule has 2 heterocycles. The number of rotatable bonds is 7. The monoisotopic (exact) mass is 464 g/mol. The molecule has 1 N–H and O–H groups in total. The van der Waals surface area contributed by atoms with Gasteiger partial charge in [0.1, 0.15) is 6.04 Å². The van der Waals surface area contributed by atoms with Gasteiger partial charge in [0.05, 0.1) is 4.90 Å². The Kier molecular flexibility index (Phi) is 7.46. The maximum Gasteiger partial charge on any atom is 0.244 e. The first kappa shape index (κ1) is 22.8. The summed E-state index contributed by atoms with van der Waals surface area (Å²) >= 11 is 12.1. The molecule has 10 heteroatoms. The van der Waals surface area contributed by atoms with Crippen LogP contribution in [-0.2, 0) is 19.6 Å². The zero-order valence-corrected chi connectivity index (χ0v) is 18.6. The van der Waals surface area contributed by atoms with Crippen LogP contribution in [0.2, 0.25) is 10.0 Å². The second-order valence-corrected chi connectivity index (χ2v) is 10.2. The van der Waals surface area contributed by atoms with Gasteiger partial charge in [0, 0.05) is 55.4 Å². The summed E-state index contributed by atoms with van der Waals surface area (Å²) in [5.74, 6) is -0.588. The van der Waals surface area contributed by atoms with E-state index in [9.17, 15) is 18.3 Å². The molecule has 0 aromatic heterocycles. The number of benzene rings is 1. The summed E-state index contributed by atoms with van der Waals surface area (Å²) in [6.07, 6.45) is 2.41. The fourth-order valence-corrected chi connectivity index (χ4v) is 6.93. The third-order valence-corrected chi connectivity index (χ3v) is 7.98. The van der Waals surface area contributed by atoms with Crippen molar-refractivity contribution in [3.05, 3.63) is 28.2 Å². The van der Waals surface area contributed by atoms with Crippen molar-refractivity contribution in [3.8, 4) is 0 Å². The number of carbonyl (C=O) groups is 1. The summed E-state index contributed by atoms with van der Waals surface area (Å²) in [6.45, 7) is 1.09. The molecular formula is C19H26Cl2N2O5S. The van der Waals surface area contributed by atoms with E-state index in [0.29, 0.717) is 39.0 Å². The highest BCUT2D eigenvalue weighted by molar-refractivity contribution is 7.89. The van der Waals surface area contributed by atoms with Gasteiger partial charge < -0.3 is 14.7 Å². The lowest BCUT2D eigenvalue weighted by Gasteiger charge is -2.40. The van der Waals surface area contributed by atoms with Gasteiger partial charge in [0.15, 0.2) is 0 Å². The summed E-state index contributed by atoms with van der Waals surface area (Å²) in [6, 6.07) is 2.90. The van der Waals surface area contributed by atoms with Gasteiger partial charge in [0.2, 0.25) is 15.9 Å². The van der Waals surface area contributed by atoms with E-state index in [1.807, 2.05) is 0 Å².